The molecule has 0 spiro atoms. The maximum atomic E-state index is 12.4. The van der Waals surface area contributed by atoms with E-state index < -0.39 is 0 Å². The Hall–Kier alpha value is -2.84. The van der Waals surface area contributed by atoms with Crippen molar-refractivity contribution in [3.8, 4) is 17.1 Å². The molecule has 7 nitrogen and oxygen atoms in total. The van der Waals surface area contributed by atoms with Crippen LogP contribution in [0.2, 0.25) is 5.02 Å². The lowest BCUT2D eigenvalue weighted by Crippen LogP contribution is -2.17. The quantitative estimate of drug-likeness (QED) is 0.501. The topological polar surface area (TPSA) is 85.2 Å². The van der Waals surface area contributed by atoms with E-state index in [4.69, 9.17) is 16.3 Å². The first-order valence-electron chi connectivity index (χ1n) is 8.42. The van der Waals surface area contributed by atoms with Crippen molar-refractivity contribution < 1.29 is 4.74 Å². The molecule has 1 aromatic carbocycles. The van der Waals surface area contributed by atoms with Crippen LogP contribution >= 0.6 is 23.4 Å². The van der Waals surface area contributed by atoms with E-state index in [0.717, 1.165) is 11.3 Å². The van der Waals surface area contributed by atoms with Crippen molar-refractivity contribution >= 4 is 29.0 Å². The summed E-state index contributed by atoms with van der Waals surface area (Å²) < 4.78 is 6.94. The van der Waals surface area contributed by atoms with Gasteiger partial charge in [-0.1, -0.05) is 29.4 Å². The zero-order valence-corrected chi connectivity index (χ0v) is 16.7. The van der Waals surface area contributed by atoms with Crippen LogP contribution in [0.1, 0.15) is 11.4 Å². The van der Waals surface area contributed by atoms with Crippen LogP contribution in [-0.2, 0) is 5.75 Å². The molecule has 9 heteroatoms. The van der Waals surface area contributed by atoms with Crippen LogP contribution in [0.25, 0.3) is 17.0 Å². The number of pyridine rings is 1. The number of H-pyrrole nitrogens is 1. The van der Waals surface area contributed by atoms with Crippen molar-refractivity contribution in [2.45, 2.75) is 17.8 Å². The van der Waals surface area contributed by atoms with Gasteiger partial charge in [0, 0.05) is 22.5 Å². The monoisotopic (exact) mass is 413 g/mol. The lowest BCUT2D eigenvalue weighted by Gasteiger charge is -2.06. The van der Waals surface area contributed by atoms with Crippen molar-refractivity contribution in [3.05, 3.63) is 69.2 Å². The zero-order valence-electron chi connectivity index (χ0n) is 15.1. The van der Waals surface area contributed by atoms with Crippen LogP contribution in [-0.4, -0.2) is 31.7 Å². The number of nitrogens with one attached hydrogen (secondary N) is 1. The molecule has 1 N–H and O–H groups in total. The summed E-state index contributed by atoms with van der Waals surface area (Å²) in [4.78, 5) is 21.4. The van der Waals surface area contributed by atoms with Gasteiger partial charge in [-0.05, 0) is 37.3 Å². The zero-order chi connectivity index (χ0) is 19.7. The third kappa shape index (κ3) is 3.61. The number of thioether (sulfide) groups is 1. The van der Waals surface area contributed by atoms with E-state index in [1.165, 1.54) is 11.8 Å². The molecule has 0 aliphatic heterocycles. The molecular weight excluding hydrogens is 398 g/mol. The fourth-order valence-electron chi connectivity index (χ4n) is 2.87. The van der Waals surface area contributed by atoms with Gasteiger partial charge in [0.05, 0.1) is 18.4 Å². The molecule has 0 aliphatic rings. The van der Waals surface area contributed by atoms with E-state index in [0.29, 0.717) is 38.8 Å². The van der Waals surface area contributed by atoms with Crippen molar-refractivity contribution in [2.75, 3.05) is 7.11 Å². The fraction of sp³-hybridized carbons (Fsp3) is 0.158. The minimum absolute atomic E-state index is 0.0990. The molecular formula is C19H16ClN5O2S. The van der Waals surface area contributed by atoms with Crippen molar-refractivity contribution in [2.24, 2.45) is 0 Å². The number of aromatic nitrogens is 5. The number of halogens is 1. The lowest BCUT2D eigenvalue weighted by atomic mass is 10.2. The number of benzene rings is 1. The molecule has 0 saturated carbocycles. The number of nitrogens with zero attached hydrogens (tertiary/aromatic N) is 4. The third-order valence-corrected chi connectivity index (χ3v) is 5.28. The molecule has 0 fully saturated rings. The van der Waals surface area contributed by atoms with Gasteiger partial charge < -0.3 is 4.74 Å². The fourth-order valence-corrected chi connectivity index (χ4v) is 3.74. The van der Waals surface area contributed by atoms with Crippen LogP contribution in [0, 0.1) is 6.92 Å². The van der Waals surface area contributed by atoms with Gasteiger partial charge in [0.25, 0.3) is 5.56 Å². The molecule has 3 aromatic heterocycles. The molecule has 4 aromatic rings. The Kier molecular flexibility index (Phi) is 5.06. The predicted molar refractivity (Wildman–Crippen MR) is 109 cm³/mol. The normalized spacial score (nSPS) is 11.1. The minimum atomic E-state index is -0.0990. The number of aryl methyl sites for hydroxylation is 1. The summed E-state index contributed by atoms with van der Waals surface area (Å²) in [5.41, 5.74) is 2.78. The third-order valence-electron chi connectivity index (χ3n) is 4.16. The lowest BCUT2D eigenvalue weighted by molar-refractivity contribution is 0.416. The molecule has 0 saturated heterocycles. The van der Waals surface area contributed by atoms with Gasteiger partial charge in [0.15, 0.2) is 5.82 Å². The van der Waals surface area contributed by atoms with Crippen LogP contribution in [0.5, 0.6) is 5.75 Å². The van der Waals surface area contributed by atoms with Gasteiger partial charge in [-0.25, -0.2) is 9.97 Å². The Morgan fingerprint density at radius 2 is 2.07 bits per heavy atom. The first kappa shape index (κ1) is 18.5. The maximum Gasteiger partial charge on any atom is 0.258 e. The molecule has 28 heavy (non-hydrogen) atoms. The number of fused-ring (bicyclic) bond motifs is 1. The SMILES string of the molecule is COc1ccc(Cl)cc1-c1nc(SCc2cc(=O)n3c(C)cccc3n2)n[nH]1. The van der Waals surface area contributed by atoms with Gasteiger partial charge in [-0.3, -0.25) is 14.3 Å². The van der Waals surface area contributed by atoms with Crippen LogP contribution in [0.15, 0.2) is 52.4 Å². The second kappa shape index (κ2) is 7.65. The molecule has 0 aliphatic carbocycles. The van der Waals surface area contributed by atoms with Crippen LogP contribution in [0.4, 0.5) is 0 Å². The van der Waals surface area contributed by atoms with E-state index in [1.807, 2.05) is 25.1 Å². The Morgan fingerprint density at radius 3 is 2.89 bits per heavy atom. The van der Waals surface area contributed by atoms with E-state index in [1.54, 1.807) is 35.8 Å². The summed E-state index contributed by atoms with van der Waals surface area (Å²) in [7, 11) is 1.59. The highest BCUT2D eigenvalue weighted by Crippen LogP contribution is 2.31. The van der Waals surface area contributed by atoms with Gasteiger partial charge in [-0.2, -0.15) is 0 Å². The molecule has 0 bridgehead atoms. The van der Waals surface area contributed by atoms with Crippen molar-refractivity contribution in [1.29, 1.82) is 0 Å². The molecule has 142 valence electrons. The van der Waals surface area contributed by atoms with Gasteiger partial charge >= 0.3 is 0 Å². The molecule has 0 amide bonds. The predicted octanol–water partition coefficient (Wildman–Crippen LogP) is 3.74. The average Bonchev–Trinajstić information content (AvgIpc) is 3.15. The molecule has 0 atom stereocenters. The number of hydrogen-bond acceptors (Lipinski definition) is 6. The summed E-state index contributed by atoms with van der Waals surface area (Å²) in [6.45, 7) is 1.88. The van der Waals surface area contributed by atoms with E-state index in [2.05, 4.69) is 20.2 Å². The summed E-state index contributed by atoms with van der Waals surface area (Å²) in [5, 5.41) is 8.26. The molecule has 4 rings (SSSR count). The van der Waals surface area contributed by atoms with E-state index in [9.17, 15) is 4.79 Å². The largest absolute Gasteiger partial charge is 0.496 e. The Morgan fingerprint density at radius 1 is 1.21 bits per heavy atom. The molecule has 0 unspecified atom stereocenters. The highest BCUT2D eigenvalue weighted by molar-refractivity contribution is 7.98. The van der Waals surface area contributed by atoms with Crippen molar-refractivity contribution in [1.82, 2.24) is 24.6 Å². The summed E-state index contributed by atoms with van der Waals surface area (Å²) in [6.07, 6.45) is 0. The molecule has 0 radical (unpaired) electrons. The number of methoxy groups -OCH3 is 1. The standard InChI is InChI=1S/C19H16ClN5O2S/c1-11-4-3-5-16-21-13(9-17(26)25(11)16)10-28-19-22-18(23-24-19)14-8-12(20)6-7-15(14)27-2/h3-9H,10H2,1-2H3,(H,22,23,24). The Balaban J connectivity index is 1.57. The summed E-state index contributed by atoms with van der Waals surface area (Å²) in [5.74, 6) is 1.68. The van der Waals surface area contributed by atoms with Gasteiger partial charge in [-0.15, -0.1) is 5.10 Å². The van der Waals surface area contributed by atoms with Crippen molar-refractivity contribution in [3.63, 3.8) is 0 Å². The van der Waals surface area contributed by atoms with E-state index >= 15 is 0 Å². The number of aromatic amines is 1. The maximum absolute atomic E-state index is 12.4. The minimum Gasteiger partial charge on any atom is -0.496 e. The first-order valence-corrected chi connectivity index (χ1v) is 9.79. The second-order valence-electron chi connectivity index (χ2n) is 6.05. The molecule has 3 heterocycles. The smallest absolute Gasteiger partial charge is 0.258 e. The summed E-state index contributed by atoms with van der Waals surface area (Å²) >= 11 is 7.47. The highest BCUT2D eigenvalue weighted by Gasteiger charge is 2.13. The van der Waals surface area contributed by atoms with Gasteiger partial charge in [0.2, 0.25) is 5.16 Å². The van der Waals surface area contributed by atoms with Gasteiger partial charge in [0.1, 0.15) is 11.4 Å². The Bertz CT molecular complexity index is 1220. The summed E-state index contributed by atoms with van der Waals surface area (Å²) in [6, 6.07) is 12.4. The average molecular weight is 414 g/mol. The number of rotatable bonds is 5. The van der Waals surface area contributed by atoms with Crippen LogP contribution < -0.4 is 10.3 Å². The highest BCUT2D eigenvalue weighted by atomic mass is 35.5. The second-order valence-corrected chi connectivity index (χ2v) is 7.43. The Labute approximate surface area is 169 Å². The first-order chi connectivity index (χ1) is 13.5. The number of ether oxygens (including phenoxy) is 1. The number of hydrogen-bond donors (Lipinski definition) is 1. The van der Waals surface area contributed by atoms with Crippen LogP contribution in [0.3, 0.4) is 0 Å². The van der Waals surface area contributed by atoms with E-state index in [-0.39, 0.29) is 5.56 Å².